The maximum Gasteiger partial charge on any atom is 0.244 e. The summed E-state index contributed by atoms with van der Waals surface area (Å²) in [4.78, 5) is 0.000981. The predicted molar refractivity (Wildman–Crippen MR) is 97.2 cm³/mol. The highest BCUT2D eigenvalue weighted by molar-refractivity contribution is 7.89. The van der Waals surface area contributed by atoms with Crippen LogP contribution >= 0.6 is 23.2 Å². The van der Waals surface area contributed by atoms with Crippen LogP contribution < -0.4 is 9.47 Å². The zero-order valence-corrected chi connectivity index (χ0v) is 15.9. The Bertz CT molecular complexity index is 886. The van der Waals surface area contributed by atoms with Crippen molar-refractivity contribution in [3.8, 4) is 11.5 Å². The Balaban J connectivity index is 1.90. The standard InChI is InChI=1S/C17H17Cl2NO4S/c1-2-20(25(21,22)17-10-13(18)4-5-14(17)19)11-12-3-6-15-16(9-12)24-8-7-23-15/h3-6,9-10H,2,7-8,11H2,1H3. The van der Waals surface area contributed by atoms with Gasteiger partial charge >= 0.3 is 0 Å². The van der Waals surface area contributed by atoms with Gasteiger partial charge in [-0.1, -0.05) is 36.2 Å². The first kappa shape index (κ1) is 18.3. The highest BCUT2D eigenvalue weighted by Crippen LogP contribution is 2.32. The molecule has 0 fully saturated rings. The van der Waals surface area contributed by atoms with Gasteiger partial charge in [0.2, 0.25) is 10.0 Å². The molecule has 0 aromatic heterocycles. The largest absolute Gasteiger partial charge is 0.486 e. The van der Waals surface area contributed by atoms with E-state index in [9.17, 15) is 8.42 Å². The molecule has 0 spiro atoms. The van der Waals surface area contributed by atoms with E-state index in [1.807, 2.05) is 6.07 Å². The topological polar surface area (TPSA) is 55.8 Å². The van der Waals surface area contributed by atoms with Gasteiger partial charge in [-0.25, -0.2) is 8.42 Å². The average Bonchev–Trinajstić information content (AvgIpc) is 2.61. The molecular weight excluding hydrogens is 385 g/mol. The molecule has 0 atom stereocenters. The Morgan fingerprint density at radius 1 is 1.04 bits per heavy atom. The van der Waals surface area contributed by atoms with Crippen molar-refractivity contribution in [2.75, 3.05) is 19.8 Å². The summed E-state index contributed by atoms with van der Waals surface area (Å²) < 4.78 is 38.3. The second-order valence-electron chi connectivity index (χ2n) is 5.48. The summed E-state index contributed by atoms with van der Waals surface area (Å²) in [6, 6.07) is 9.81. The summed E-state index contributed by atoms with van der Waals surface area (Å²) in [5.74, 6) is 1.29. The number of sulfonamides is 1. The number of ether oxygens (including phenoxy) is 2. The summed E-state index contributed by atoms with van der Waals surface area (Å²) >= 11 is 12.0. The SMILES string of the molecule is CCN(Cc1ccc2c(c1)OCCO2)S(=O)(=O)c1cc(Cl)ccc1Cl. The Labute approximate surface area is 157 Å². The molecule has 0 saturated carbocycles. The Hall–Kier alpha value is -1.47. The lowest BCUT2D eigenvalue weighted by Gasteiger charge is -2.23. The van der Waals surface area contributed by atoms with Gasteiger partial charge in [-0.3, -0.25) is 0 Å². The van der Waals surface area contributed by atoms with E-state index in [4.69, 9.17) is 32.7 Å². The van der Waals surface area contributed by atoms with Crippen molar-refractivity contribution in [3.63, 3.8) is 0 Å². The van der Waals surface area contributed by atoms with E-state index in [2.05, 4.69) is 0 Å². The fourth-order valence-corrected chi connectivity index (χ4v) is 4.74. The molecule has 0 radical (unpaired) electrons. The van der Waals surface area contributed by atoms with Crippen molar-refractivity contribution in [1.82, 2.24) is 4.31 Å². The second kappa shape index (κ2) is 7.41. The van der Waals surface area contributed by atoms with Gasteiger partial charge in [0.15, 0.2) is 11.5 Å². The minimum atomic E-state index is -3.78. The molecule has 0 aliphatic carbocycles. The van der Waals surface area contributed by atoms with Gasteiger partial charge in [0.05, 0.1) is 5.02 Å². The first-order valence-corrected chi connectivity index (χ1v) is 9.95. The number of nitrogens with zero attached hydrogens (tertiary/aromatic N) is 1. The fourth-order valence-electron chi connectivity index (χ4n) is 2.57. The van der Waals surface area contributed by atoms with Gasteiger partial charge in [0.25, 0.3) is 0 Å². The van der Waals surface area contributed by atoms with Crippen LogP contribution in [0.3, 0.4) is 0 Å². The second-order valence-corrected chi connectivity index (χ2v) is 8.23. The first-order valence-electron chi connectivity index (χ1n) is 7.75. The third kappa shape index (κ3) is 3.87. The number of hydrogen-bond donors (Lipinski definition) is 0. The molecule has 1 aliphatic rings. The molecule has 1 aliphatic heterocycles. The molecule has 2 aromatic rings. The summed E-state index contributed by atoms with van der Waals surface area (Å²) in [6.07, 6.45) is 0. The molecule has 5 nitrogen and oxygen atoms in total. The summed E-state index contributed by atoms with van der Waals surface area (Å²) in [7, 11) is -3.78. The fraction of sp³-hybridized carbons (Fsp3) is 0.294. The van der Waals surface area contributed by atoms with Crippen molar-refractivity contribution in [1.29, 1.82) is 0 Å². The lowest BCUT2D eigenvalue weighted by atomic mass is 10.2. The van der Waals surface area contributed by atoms with E-state index in [-0.39, 0.29) is 16.5 Å². The third-order valence-electron chi connectivity index (χ3n) is 3.83. The van der Waals surface area contributed by atoms with E-state index in [1.165, 1.54) is 16.4 Å². The first-order chi connectivity index (χ1) is 11.9. The quantitative estimate of drug-likeness (QED) is 0.760. The molecular formula is C17H17Cl2NO4S. The highest BCUT2D eigenvalue weighted by Gasteiger charge is 2.26. The smallest absolute Gasteiger partial charge is 0.244 e. The van der Waals surface area contributed by atoms with Gasteiger partial charge in [0.1, 0.15) is 18.1 Å². The van der Waals surface area contributed by atoms with E-state index >= 15 is 0 Å². The molecule has 0 saturated heterocycles. The number of halogens is 2. The Morgan fingerprint density at radius 3 is 2.48 bits per heavy atom. The zero-order valence-electron chi connectivity index (χ0n) is 13.5. The molecule has 0 N–H and O–H groups in total. The van der Waals surface area contributed by atoms with Crippen molar-refractivity contribution >= 4 is 33.2 Å². The van der Waals surface area contributed by atoms with Crippen LogP contribution in [0.1, 0.15) is 12.5 Å². The molecule has 8 heteroatoms. The van der Waals surface area contributed by atoms with E-state index in [0.717, 1.165) is 5.56 Å². The lowest BCUT2D eigenvalue weighted by Crippen LogP contribution is -2.30. The van der Waals surface area contributed by atoms with Gasteiger partial charge in [0, 0.05) is 18.1 Å². The monoisotopic (exact) mass is 401 g/mol. The number of rotatable bonds is 5. The Morgan fingerprint density at radius 2 is 1.76 bits per heavy atom. The van der Waals surface area contributed by atoms with Crippen molar-refractivity contribution in [2.45, 2.75) is 18.4 Å². The van der Waals surface area contributed by atoms with Crippen LogP contribution in [0.4, 0.5) is 0 Å². The maximum absolute atomic E-state index is 13.0. The summed E-state index contributed by atoms with van der Waals surface area (Å²) in [5.41, 5.74) is 0.799. The van der Waals surface area contributed by atoms with Crippen molar-refractivity contribution in [3.05, 3.63) is 52.0 Å². The minimum Gasteiger partial charge on any atom is -0.486 e. The van der Waals surface area contributed by atoms with E-state index < -0.39 is 10.0 Å². The predicted octanol–water partition coefficient (Wildman–Crippen LogP) is 3.98. The minimum absolute atomic E-state index is 0.000981. The van der Waals surface area contributed by atoms with Crippen LogP contribution in [0.25, 0.3) is 0 Å². The Kier molecular flexibility index (Phi) is 5.43. The van der Waals surface area contributed by atoms with E-state index in [1.54, 1.807) is 25.1 Å². The van der Waals surface area contributed by atoms with Crippen LogP contribution in [-0.4, -0.2) is 32.5 Å². The number of hydrogen-bond acceptors (Lipinski definition) is 4. The molecule has 0 bridgehead atoms. The van der Waals surface area contributed by atoms with Crippen LogP contribution in [-0.2, 0) is 16.6 Å². The van der Waals surface area contributed by atoms with Gasteiger partial charge in [-0.2, -0.15) is 4.31 Å². The summed E-state index contributed by atoms with van der Waals surface area (Å²) in [6.45, 7) is 3.24. The molecule has 0 amide bonds. The molecule has 2 aromatic carbocycles. The van der Waals surface area contributed by atoms with E-state index in [0.29, 0.717) is 36.3 Å². The van der Waals surface area contributed by atoms with Gasteiger partial charge in [-0.05, 0) is 35.9 Å². The third-order valence-corrected chi connectivity index (χ3v) is 6.47. The van der Waals surface area contributed by atoms with Gasteiger partial charge in [-0.15, -0.1) is 0 Å². The number of fused-ring (bicyclic) bond motifs is 1. The van der Waals surface area contributed by atoms with Crippen LogP contribution in [0.15, 0.2) is 41.3 Å². The molecule has 25 heavy (non-hydrogen) atoms. The van der Waals surface area contributed by atoms with Crippen molar-refractivity contribution in [2.24, 2.45) is 0 Å². The van der Waals surface area contributed by atoms with Crippen LogP contribution in [0.5, 0.6) is 11.5 Å². The zero-order chi connectivity index (χ0) is 18.0. The van der Waals surface area contributed by atoms with Crippen LogP contribution in [0.2, 0.25) is 10.0 Å². The van der Waals surface area contributed by atoms with Crippen LogP contribution in [0, 0.1) is 0 Å². The van der Waals surface area contributed by atoms with Gasteiger partial charge < -0.3 is 9.47 Å². The molecule has 0 unspecified atom stereocenters. The molecule has 1 heterocycles. The molecule has 134 valence electrons. The van der Waals surface area contributed by atoms with Crippen molar-refractivity contribution < 1.29 is 17.9 Å². The molecule has 3 rings (SSSR count). The lowest BCUT2D eigenvalue weighted by molar-refractivity contribution is 0.171. The highest BCUT2D eigenvalue weighted by atomic mass is 35.5. The average molecular weight is 402 g/mol. The maximum atomic E-state index is 13.0. The summed E-state index contributed by atoms with van der Waals surface area (Å²) in [5, 5.41) is 0.461. The normalized spacial score (nSPS) is 13.9. The number of benzene rings is 2.